The summed E-state index contributed by atoms with van der Waals surface area (Å²) in [6, 6.07) is 15.8. The first kappa shape index (κ1) is 17.0. The van der Waals surface area contributed by atoms with Crippen molar-refractivity contribution >= 4 is 21.8 Å². The van der Waals surface area contributed by atoms with Gasteiger partial charge < -0.3 is 10.1 Å². The fraction of sp³-hybridized carbons (Fsp3) is 0.350. The molecule has 0 atom stereocenters. The van der Waals surface area contributed by atoms with Gasteiger partial charge in [0.05, 0.1) is 5.56 Å². The highest BCUT2D eigenvalue weighted by Crippen LogP contribution is 2.25. The Morgan fingerprint density at radius 1 is 1.08 bits per heavy atom. The minimum Gasteiger partial charge on any atom is -0.488 e. The predicted octanol–water partition coefficient (Wildman–Crippen LogP) is 5.09. The SMILES string of the molecule is O=C(NC1CCCCC1)c1cc(Br)ccc1OCc1ccccc1. The van der Waals surface area contributed by atoms with E-state index in [-0.39, 0.29) is 11.9 Å². The summed E-state index contributed by atoms with van der Waals surface area (Å²) in [6.07, 6.45) is 5.80. The monoisotopic (exact) mass is 387 g/mol. The van der Waals surface area contributed by atoms with Crippen LogP contribution in [-0.2, 0) is 6.61 Å². The van der Waals surface area contributed by atoms with Crippen molar-refractivity contribution in [3.8, 4) is 5.75 Å². The topological polar surface area (TPSA) is 38.3 Å². The largest absolute Gasteiger partial charge is 0.488 e. The zero-order valence-corrected chi connectivity index (χ0v) is 15.2. The van der Waals surface area contributed by atoms with Gasteiger partial charge in [-0.1, -0.05) is 65.5 Å². The second-order valence-corrected chi connectivity index (χ2v) is 7.14. The summed E-state index contributed by atoms with van der Waals surface area (Å²) in [5, 5.41) is 3.16. The number of amides is 1. The molecule has 24 heavy (non-hydrogen) atoms. The molecular weight excluding hydrogens is 366 g/mol. The van der Waals surface area contributed by atoms with E-state index in [9.17, 15) is 4.79 Å². The molecule has 126 valence electrons. The quantitative estimate of drug-likeness (QED) is 0.775. The van der Waals surface area contributed by atoms with E-state index in [1.54, 1.807) is 0 Å². The lowest BCUT2D eigenvalue weighted by Crippen LogP contribution is -2.36. The molecule has 1 aliphatic carbocycles. The van der Waals surface area contributed by atoms with E-state index in [2.05, 4.69) is 21.2 Å². The molecule has 1 saturated carbocycles. The van der Waals surface area contributed by atoms with Gasteiger partial charge in [0, 0.05) is 10.5 Å². The van der Waals surface area contributed by atoms with Gasteiger partial charge in [0.2, 0.25) is 0 Å². The maximum Gasteiger partial charge on any atom is 0.255 e. The molecule has 3 rings (SSSR count). The Labute approximate surface area is 151 Å². The maximum atomic E-state index is 12.7. The standard InChI is InChI=1S/C20H22BrNO2/c21-16-11-12-19(24-14-15-7-3-1-4-8-15)18(13-16)20(23)22-17-9-5-2-6-10-17/h1,3-4,7-8,11-13,17H,2,5-6,9-10,14H2,(H,22,23). The summed E-state index contributed by atoms with van der Waals surface area (Å²) in [6.45, 7) is 0.451. The van der Waals surface area contributed by atoms with Gasteiger partial charge in [-0.05, 0) is 36.6 Å². The molecular formula is C20H22BrNO2. The summed E-state index contributed by atoms with van der Waals surface area (Å²) in [7, 11) is 0. The number of benzene rings is 2. The third-order valence-corrected chi connectivity index (χ3v) is 4.86. The first-order valence-electron chi connectivity index (χ1n) is 8.49. The van der Waals surface area contributed by atoms with Gasteiger partial charge in [-0.2, -0.15) is 0 Å². The third kappa shape index (κ3) is 4.60. The highest BCUT2D eigenvalue weighted by molar-refractivity contribution is 9.10. The van der Waals surface area contributed by atoms with E-state index in [1.165, 1.54) is 19.3 Å². The molecule has 0 aliphatic heterocycles. The Balaban J connectivity index is 1.71. The Hall–Kier alpha value is -1.81. The molecule has 0 spiro atoms. The Morgan fingerprint density at radius 3 is 2.58 bits per heavy atom. The van der Waals surface area contributed by atoms with E-state index in [0.717, 1.165) is 22.9 Å². The van der Waals surface area contributed by atoms with Crippen LogP contribution in [0.5, 0.6) is 5.75 Å². The second-order valence-electron chi connectivity index (χ2n) is 6.22. The van der Waals surface area contributed by atoms with Crippen LogP contribution >= 0.6 is 15.9 Å². The third-order valence-electron chi connectivity index (χ3n) is 4.36. The van der Waals surface area contributed by atoms with Crippen LogP contribution < -0.4 is 10.1 Å². The summed E-state index contributed by atoms with van der Waals surface area (Å²) in [5.41, 5.74) is 1.67. The summed E-state index contributed by atoms with van der Waals surface area (Å²) in [4.78, 5) is 12.7. The Bertz CT molecular complexity index is 681. The lowest BCUT2D eigenvalue weighted by atomic mass is 9.95. The molecule has 4 heteroatoms. The number of ether oxygens (including phenoxy) is 1. The fourth-order valence-corrected chi connectivity index (χ4v) is 3.41. The van der Waals surface area contributed by atoms with Crippen molar-refractivity contribution in [2.45, 2.75) is 44.8 Å². The van der Waals surface area contributed by atoms with Crippen molar-refractivity contribution in [3.63, 3.8) is 0 Å². The normalized spacial score (nSPS) is 15.0. The number of rotatable bonds is 5. The van der Waals surface area contributed by atoms with Crippen LogP contribution in [0.1, 0.15) is 48.0 Å². The van der Waals surface area contributed by atoms with Crippen molar-refractivity contribution in [2.75, 3.05) is 0 Å². The first-order chi connectivity index (χ1) is 11.7. The van der Waals surface area contributed by atoms with Crippen LogP contribution in [0.3, 0.4) is 0 Å². The van der Waals surface area contributed by atoms with Gasteiger partial charge in [-0.25, -0.2) is 0 Å². The molecule has 2 aromatic carbocycles. The molecule has 0 unspecified atom stereocenters. The van der Waals surface area contributed by atoms with Gasteiger partial charge in [0.25, 0.3) is 5.91 Å². The fourth-order valence-electron chi connectivity index (χ4n) is 3.05. The van der Waals surface area contributed by atoms with Crippen molar-refractivity contribution in [3.05, 3.63) is 64.1 Å². The molecule has 1 N–H and O–H groups in total. The van der Waals surface area contributed by atoms with Crippen molar-refractivity contribution in [2.24, 2.45) is 0 Å². The number of halogens is 1. The lowest BCUT2D eigenvalue weighted by Gasteiger charge is -2.23. The number of carbonyl (C=O) groups excluding carboxylic acids is 1. The lowest BCUT2D eigenvalue weighted by molar-refractivity contribution is 0.0923. The van der Waals surface area contributed by atoms with E-state index in [0.29, 0.717) is 17.9 Å². The number of hydrogen-bond donors (Lipinski definition) is 1. The van der Waals surface area contributed by atoms with Crippen LogP contribution in [0.2, 0.25) is 0 Å². The van der Waals surface area contributed by atoms with Gasteiger partial charge in [-0.3, -0.25) is 4.79 Å². The van der Waals surface area contributed by atoms with E-state index >= 15 is 0 Å². The smallest absolute Gasteiger partial charge is 0.255 e. The van der Waals surface area contributed by atoms with Crippen LogP contribution in [0.25, 0.3) is 0 Å². The van der Waals surface area contributed by atoms with E-state index in [1.807, 2.05) is 48.5 Å². The Morgan fingerprint density at radius 2 is 1.83 bits per heavy atom. The number of nitrogens with one attached hydrogen (secondary N) is 1. The zero-order chi connectivity index (χ0) is 16.8. The molecule has 0 saturated heterocycles. The molecule has 1 aliphatic rings. The first-order valence-corrected chi connectivity index (χ1v) is 9.29. The summed E-state index contributed by atoms with van der Waals surface area (Å²) in [5.74, 6) is 0.571. The molecule has 1 fully saturated rings. The van der Waals surface area contributed by atoms with Crippen LogP contribution in [0.4, 0.5) is 0 Å². The van der Waals surface area contributed by atoms with Crippen LogP contribution in [0.15, 0.2) is 53.0 Å². The van der Waals surface area contributed by atoms with Crippen molar-refractivity contribution in [1.82, 2.24) is 5.32 Å². The molecule has 1 amide bonds. The van der Waals surface area contributed by atoms with Gasteiger partial charge in [-0.15, -0.1) is 0 Å². The van der Waals surface area contributed by atoms with Crippen molar-refractivity contribution < 1.29 is 9.53 Å². The van der Waals surface area contributed by atoms with E-state index in [4.69, 9.17) is 4.74 Å². The van der Waals surface area contributed by atoms with Crippen molar-refractivity contribution in [1.29, 1.82) is 0 Å². The minimum absolute atomic E-state index is 0.0498. The molecule has 2 aromatic rings. The van der Waals surface area contributed by atoms with Gasteiger partial charge in [0.1, 0.15) is 12.4 Å². The van der Waals surface area contributed by atoms with Gasteiger partial charge >= 0.3 is 0 Å². The summed E-state index contributed by atoms with van der Waals surface area (Å²) >= 11 is 3.45. The number of carbonyl (C=O) groups is 1. The molecule has 3 nitrogen and oxygen atoms in total. The Kier molecular flexibility index (Phi) is 5.91. The molecule has 0 radical (unpaired) electrons. The number of hydrogen-bond acceptors (Lipinski definition) is 2. The average Bonchev–Trinajstić information content (AvgIpc) is 2.62. The molecule has 0 bridgehead atoms. The highest BCUT2D eigenvalue weighted by atomic mass is 79.9. The average molecular weight is 388 g/mol. The molecule has 0 heterocycles. The molecule has 0 aromatic heterocycles. The van der Waals surface area contributed by atoms with E-state index < -0.39 is 0 Å². The second kappa shape index (κ2) is 8.34. The summed E-state index contributed by atoms with van der Waals surface area (Å²) < 4.78 is 6.78. The predicted molar refractivity (Wildman–Crippen MR) is 99.3 cm³/mol. The minimum atomic E-state index is -0.0498. The zero-order valence-electron chi connectivity index (χ0n) is 13.6. The van der Waals surface area contributed by atoms with Crippen LogP contribution in [-0.4, -0.2) is 11.9 Å². The van der Waals surface area contributed by atoms with Crippen LogP contribution in [0, 0.1) is 0 Å². The maximum absolute atomic E-state index is 12.7. The van der Waals surface area contributed by atoms with Gasteiger partial charge in [0.15, 0.2) is 0 Å². The highest BCUT2D eigenvalue weighted by Gasteiger charge is 2.19.